The van der Waals surface area contributed by atoms with E-state index in [1.807, 2.05) is 0 Å². The van der Waals surface area contributed by atoms with E-state index in [1.165, 1.54) is 25.7 Å². The third-order valence-electron chi connectivity index (χ3n) is 4.91. The molecule has 1 saturated heterocycles. The fraction of sp³-hybridized carbons (Fsp3) is 0.429. The van der Waals surface area contributed by atoms with Crippen molar-refractivity contribution in [1.82, 2.24) is 0 Å². The zero-order chi connectivity index (χ0) is 18.5. The van der Waals surface area contributed by atoms with Crippen LogP contribution < -0.4 is 9.47 Å². The predicted octanol–water partition coefficient (Wildman–Crippen LogP) is 5.22. The van der Waals surface area contributed by atoms with Crippen LogP contribution in [0.15, 0.2) is 36.4 Å². The van der Waals surface area contributed by atoms with E-state index in [2.05, 4.69) is 6.92 Å². The van der Waals surface area contributed by atoms with E-state index in [1.54, 1.807) is 24.3 Å². The molecule has 0 N–H and O–H groups in total. The van der Waals surface area contributed by atoms with Gasteiger partial charge in [0.05, 0.1) is 13.2 Å². The van der Waals surface area contributed by atoms with Crippen LogP contribution >= 0.6 is 0 Å². The second-order valence-corrected chi connectivity index (χ2v) is 6.59. The summed E-state index contributed by atoms with van der Waals surface area (Å²) >= 11 is 0. The van der Waals surface area contributed by atoms with Gasteiger partial charge in [-0.05, 0) is 48.6 Å². The third kappa shape index (κ3) is 4.15. The molecule has 2 aromatic carbocycles. The van der Waals surface area contributed by atoms with Crippen LogP contribution in [0.2, 0.25) is 0 Å². The molecule has 0 saturated carbocycles. The maximum absolute atomic E-state index is 14.2. The van der Waals surface area contributed by atoms with Crippen molar-refractivity contribution < 1.29 is 23.0 Å². The molecule has 0 spiro atoms. The molecule has 26 heavy (non-hydrogen) atoms. The number of ether oxygens (including phenoxy) is 3. The summed E-state index contributed by atoms with van der Waals surface area (Å²) in [5, 5.41) is 0. The second-order valence-electron chi connectivity index (χ2n) is 6.59. The largest absolute Gasteiger partial charge is 0.494 e. The highest BCUT2D eigenvalue weighted by Gasteiger charge is 2.21. The minimum absolute atomic E-state index is 0.107. The van der Waals surface area contributed by atoms with Gasteiger partial charge < -0.3 is 14.2 Å². The molecule has 0 bridgehead atoms. The summed E-state index contributed by atoms with van der Waals surface area (Å²) in [6.07, 6.45) is 3.45. The molecule has 1 aliphatic heterocycles. The summed E-state index contributed by atoms with van der Waals surface area (Å²) in [6.45, 7) is 3.48. The third-order valence-corrected chi connectivity index (χ3v) is 4.91. The van der Waals surface area contributed by atoms with Gasteiger partial charge in [0.1, 0.15) is 12.4 Å². The Balaban J connectivity index is 1.61. The molecule has 2 unspecified atom stereocenters. The van der Waals surface area contributed by atoms with Crippen LogP contribution in [0.25, 0.3) is 11.1 Å². The summed E-state index contributed by atoms with van der Waals surface area (Å²) in [5.74, 6) is -0.664. The first-order valence-corrected chi connectivity index (χ1v) is 8.99. The molecule has 0 aliphatic carbocycles. The van der Waals surface area contributed by atoms with Crippen molar-refractivity contribution in [3.05, 3.63) is 48.0 Å². The number of methoxy groups -OCH3 is 1. The van der Waals surface area contributed by atoms with Crippen molar-refractivity contribution in [3.63, 3.8) is 0 Å². The molecular formula is C21H24F2O3. The van der Waals surface area contributed by atoms with Gasteiger partial charge in [0, 0.05) is 12.2 Å². The molecular weight excluding hydrogens is 338 g/mol. The van der Waals surface area contributed by atoms with Gasteiger partial charge >= 0.3 is 0 Å². The minimum atomic E-state index is -0.981. The van der Waals surface area contributed by atoms with Crippen LogP contribution in [-0.4, -0.2) is 26.4 Å². The lowest BCUT2D eigenvalue weighted by Gasteiger charge is -2.28. The van der Waals surface area contributed by atoms with Gasteiger partial charge in [0.25, 0.3) is 0 Å². The van der Waals surface area contributed by atoms with Crippen molar-refractivity contribution in [2.45, 2.75) is 32.3 Å². The van der Waals surface area contributed by atoms with E-state index in [-0.39, 0.29) is 17.4 Å². The quantitative estimate of drug-likeness (QED) is 0.705. The molecule has 0 amide bonds. The topological polar surface area (TPSA) is 27.7 Å². The Hall–Kier alpha value is -2.14. The van der Waals surface area contributed by atoms with E-state index in [9.17, 15) is 8.78 Å². The molecule has 140 valence electrons. The molecule has 5 heteroatoms. The molecule has 1 aliphatic rings. The first kappa shape index (κ1) is 18.6. The lowest BCUT2D eigenvalue weighted by molar-refractivity contribution is -0.0380. The zero-order valence-electron chi connectivity index (χ0n) is 15.1. The zero-order valence-corrected chi connectivity index (χ0v) is 15.1. The Morgan fingerprint density at radius 2 is 1.81 bits per heavy atom. The van der Waals surface area contributed by atoms with Gasteiger partial charge in [-0.15, -0.1) is 0 Å². The lowest BCUT2D eigenvalue weighted by atomic mass is 9.96. The summed E-state index contributed by atoms with van der Waals surface area (Å²) in [5.41, 5.74) is 0.771. The lowest BCUT2D eigenvalue weighted by Crippen LogP contribution is -2.30. The van der Waals surface area contributed by atoms with E-state index in [0.29, 0.717) is 23.8 Å². The standard InChI is InChI=1S/C21H24F2O3/c1-3-14-4-7-17(25-12-14)13-26-16-8-5-15(6-9-16)18-10-11-19(24-2)21(23)20(18)22/h5-6,8-11,14,17H,3-4,7,12-13H2,1-2H3. The summed E-state index contributed by atoms with van der Waals surface area (Å²) in [6, 6.07) is 9.88. The van der Waals surface area contributed by atoms with Crippen LogP contribution in [0.5, 0.6) is 11.5 Å². The summed E-state index contributed by atoms with van der Waals surface area (Å²) in [7, 11) is 1.31. The van der Waals surface area contributed by atoms with Crippen LogP contribution in [0.3, 0.4) is 0 Å². The van der Waals surface area contributed by atoms with E-state index in [4.69, 9.17) is 14.2 Å². The van der Waals surface area contributed by atoms with Gasteiger partial charge in [-0.3, -0.25) is 0 Å². The van der Waals surface area contributed by atoms with Crippen molar-refractivity contribution >= 4 is 0 Å². The van der Waals surface area contributed by atoms with Crippen molar-refractivity contribution in [3.8, 4) is 22.6 Å². The summed E-state index contributed by atoms with van der Waals surface area (Å²) in [4.78, 5) is 0. The number of hydrogen-bond acceptors (Lipinski definition) is 3. The molecule has 3 nitrogen and oxygen atoms in total. The van der Waals surface area contributed by atoms with Gasteiger partial charge in [0.15, 0.2) is 11.6 Å². The monoisotopic (exact) mass is 362 g/mol. The fourth-order valence-corrected chi connectivity index (χ4v) is 3.15. The van der Waals surface area contributed by atoms with Crippen LogP contribution in [-0.2, 0) is 4.74 Å². The van der Waals surface area contributed by atoms with Crippen molar-refractivity contribution in [2.75, 3.05) is 20.3 Å². The Labute approximate surface area is 152 Å². The van der Waals surface area contributed by atoms with E-state index >= 15 is 0 Å². The smallest absolute Gasteiger partial charge is 0.201 e. The first-order valence-electron chi connectivity index (χ1n) is 8.99. The molecule has 0 radical (unpaired) electrons. The highest BCUT2D eigenvalue weighted by molar-refractivity contribution is 5.66. The SMILES string of the molecule is CCC1CCC(COc2ccc(-c3ccc(OC)c(F)c3F)cc2)OC1. The molecule has 1 heterocycles. The molecule has 0 aromatic heterocycles. The second kappa shape index (κ2) is 8.49. The maximum atomic E-state index is 14.2. The van der Waals surface area contributed by atoms with E-state index < -0.39 is 11.6 Å². The Morgan fingerprint density at radius 1 is 1.04 bits per heavy atom. The normalized spacial score (nSPS) is 20.0. The Kier molecular flexibility index (Phi) is 6.09. The average molecular weight is 362 g/mol. The average Bonchev–Trinajstić information content (AvgIpc) is 2.69. The van der Waals surface area contributed by atoms with Crippen LogP contribution in [0, 0.1) is 17.6 Å². The first-order chi connectivity index (χ1) is 12.6. The fourth-order valence-electron chi connectivity index (χ4n) is 3.15. The molecule has 1 fully saturated rings. The van der Waals surface area contributed by atoms with Gasteiger partial charge in [-0.25, -0.2) is 4.39 Å². The molecule has 2 atom stereocenters. The van der Waals surface area contributed by atoms with Crippen molar-refractivity contribution in [1.29, 1.82) is 0 Å². The number of rotatable bonds is 6. The summed E-state index contributed by atoms with van der Waals surface area (Å²) < 4.78 is 44.4. The highest BCUT2D eigenvalue weighted by atomic mass is 19.2. The van der Waals surface area contributed by atoms with E-state index in [0.717, 1.165) is 19.4 Å². The number of benzene rings is 2. The Morgan fingerprint density at radius 3 is 2.42 bits per heavy atom. The predicted molar refractivity (Wildman–Crippen MR) is 96.6 cm³/mol. The maximum Gasteiger partial charge on any atom is 0.201 e. The highest BCUT2D eigenvalue weighted by Crippen LogP contribution is 2.31. The molecule has 3 rings (SSSR count). The van der Waals surface area contributed by atoms with Crippen LogP contribution in [0.1, 0.15) is 26.2 Å². The Bertz CT molecular complexity index is 723. The van der Waals surface area contributed by atoms with Gasteiger partial charge in [-0.1, -0.05) is 25.5 Å². The van der Waals surface area contributed by atoms with Gasteiger partial charge in [-0.2, -0.15) is 4.39 Å². The number of halogens is 2. The van der Waals surface area contributed by atoms with Gasteiger partial charge in [0.2, 0.25) is 5.82 Å². The van der Waals surface area contributed by atoms with Crippen molar-refractivity contribution in [2.24, 2.45) is 5.92 Å². The molecule has 2 aromatic rings. The van der Waals surface area contributed by atoms with Crippen LogP contribution in [0.4, 0.5) is 8.78 Å². The minimum Gasteiger partial charge on any atom is -0.494 e. The number of hydrogen-bond donors (Lipinski definition) is 0.